The monoisotopic (exact) mass is 280 g/mol. The highest BCUT2D eigenvalue weighted by molar-refractivity contribution is 9.10. The van der Waals surface area contributed by atoms with E-state index in [-0.39, 0.29) is 0 Å². The van der Waals surface area contributed by atoms with Gasteiger partial charge in [0.2, 0.25) is 0 Å². The van der Waals surface area contributed by atoms with Crippen molar-refractivity contribution in [1.29, 1.82) is 0 Å². The Morgan fingerprint density at radius 2 is 1.38 bits per heavy atom. The molecule has 16 heavy (non-hydrogen) atoms. The summed E-state index contributed by atoms with van der Waals surface area (Å²) in [4.78, 5) is 0. The molecule has 0 spiro atoms. The molecule has 0 bridgehead atoms. The quantitative estimate of drug-likeness (QED) is 0.620. The van der Waals surface area contributed by atoms with E-state index in [1.807, 2.05) is 0 Å². The zero-order chi connectivity index (χ0) is 12.1. The van der Waals surface area contributed by atoms with Crippen LogP contribution in [-0.4, -0.2) is 0 Å². The van der Waals surface area contributed by atoms with Crippen molar-refractivity contribution in [3.8, 4) is 0 Å². The third kappa shape index (κ3) is 1.84. The Bertz CT molecular complexity index is 386. The molecule has 1 aliphatic carbocycles. The molecule has 0 amide bonds. The maximum atomic E-state index is 3.66. The summed E-state index contributed by atoms with van der Waals surface area (Å²) in [5.41, 5.74) is 5.08. The molecule has 88 valence electrons. The molecular weight excluding hydrogens is 260 g/mol. The van der Waals surface area contributed by atoms with E-state index in [0.717, 1.165) is 0 Å². The van der Waals surface area contributed by atoms with Crippen LogP contribution < -0.4 is 0 Å². The van der Waals surface area contributed by atoms with Crippen LogP contribution in [-0.2, 0) is 10.8 Å². The van der Waals surface area contributed by atoms with Crippen LogP contribution in [0.15, 0.2) is 16.6 Å². The number of aryl methyl sites for hydroxylation is 1. The van der Waals surface area contributed by atoms with E-state index < -0.39 is 0 Å². The van der Waals surface area contributed by atoms with E-state index in [1.165, 1.54) is 28.4 Å². The summed E-state index contributed by atoms with van der Waals surface area (Å²) in [7, 11) is 0. The van der Waals surface area contributed by atoms with Crippen LogP contribution in [0.3, 0.4) is 0 Å². The summed E-state index contributed by atoms with van der Waals surface area (Å²) in [6, 6.07) is 4.71. The highest BCUT2D eigenvalue weighted by Gasteiger charge is 2.37. The third-order valence-corrected chi connectivity index (χ3v) is 4.99. The Hall–Kier alpha value is -0.300. The van der Waals surface area contributed by atoms with E-state index >= 15 is 0 Å². The van der Waals surface area contributed by atoms with Gasteiger partial charge in [-0.25, -0.2) is 0 Å². The number of fused-ring (bicyclic) bond motifs is 1. The van der Waals surface area contributed by atoms with Crippen molar-refractivity contribution >= 4 is 15.9 Å². The summed E-state index contributed by atoms with van der Waals surface area (Å²) in [6.07, 6.45) is 2.57. The summed E-state index contributed by atoms with van der Waals surface area (Å²) >= 11 is 3.66. The molecule has 1 aromatic rings. The SMILES string of the molecule is Cc1cc2c(cc1Br)C(C)(C)CCC2(C)C. The molecule has 1 aromatic carbocycles. The van der Waals surface area contributed by atoms with Gasteiger partial charge in [-0.05, 0) is 53.4 Å². The fourth-order valence-electron chi connectivity index (χ4n) is 2.70. The Labute approximate surface area is 108 Å². The Morgan fingerprint density at radius 1 is 0.938 bits per heavy atom. The number of rotatable bonds is 0. The highest BCUT2D eigenvalue weighted by atomic mass is 79.9. The number of hydrogen-bond acceptors (Lipinski definition) is 0. The van der Waals surface area contributed by atoms with Crippen molar-refractivity contribution in [2.24, 2.45) is 0 Å². The maximum Gasteiger partial charge on any atom is 0.0207 e. The zero-order valence-corrected chi connectivity index (χ0v) is 12.5. The lowest BCUT2D eigenvalue weighted by atomic mass is 9.63. The standard InChI is InChI=1S/C15H21Br/c1-10-8-11-12(9-13(10)16)15(4,5)7-6-14(11,2)3/h8-9H,6-7H2,1-5H3. The van der Waals surface area contributed by atoms with E-state index in [2.05, 4.69) is 62.7 Å². The fourth-order valence-corrected chi connectivity index (χ4v) is 3.04. The first-order chi connectivity index (χ1) is 7.24. The Balaban J connectivity index is 2.70. The molecule has 1 aliphatic rings. The van der Waals surface area contributed by atoms with Crippen molar-refractivity contribution in [1.82, 2.24) is 0 Å². The average molecular weight is 281 g/mol. The molecule has 0 N–H and O–H groups in total. The van der Waals surface area contributed by atoms with E-state index in [1.54, 1.807) is 5.56 Å². The van der Waals surface area contributed by atoms with Crippen molar-refractivity contribution < 1.29 is 0 Å². The minimum Gasteiger partial charge on any atom is -0.0558 e. The Morgan fingerprint density at radius 3 is 1.88 bits per heavy atom. The molecule has 2 rings (SSSR count). The van der Waals surface area contributed by atoms with Crippen LogP contribution in [0.1, 0.15) is 57.2 Å². The van der Waals surface area contributed by atoms with Gasteiger partial charge in [0, 0.05) is 4.47 Å². The second-order valence-electron chi connectivity index (χ2n) is 6.41. The van der Waals surface area contributed by atoms with Crippen LogP contribution in [0.2, 0.25) is 0 Å². The van der Waals surface area contributed by atoms with E-state index in [4.69, 9.17) is 0 Å². The highest BCUT2D eigenvalue weighted by Crippen LogP contribution is 2.46. The molecule has 0 nitrogen and oxygen atoms in total. The lowest BCUT2D eigenvalue weighted by Gasteiger charge is -2.42. The van der Waals surface area contributed by atoms with Gasteiger partial charge in [-0.3, -0.25) is 0 Å². The van der Waals surface area contributed by atoms with Gasteiger partial charge in [0.25, 0.3) is 0 Å². The largest absolute Gasteiger partial charge is 0.0558 e. The number of benzene rings is 1. The molecule has 0 fully saturated rings. The fraction of sp³-hybridized carbons (Fsp3) is 0.600. The van der Waals surface area contributed by atoms with Crippen molar-refractivity contribution in [3.63, 3.8) is 0 Å². The summed E-state index contributed by atoms with van der Waals surface area (Å²) < 4.78 is 1.25. The third-order valence-electron chi connectivity index (χ3n) is 4.13. The molecule has 0 radical (unpaired) electrons. The van der Waals surface area contributed by atoms with Crippen LogP contribution >= 0.6 is 15.9 Å². The normalized spacial score (nSPS) is 21.6. The number of hydrogen-bond donors (Lipinski definition) is 0. The van der Waals surface area contributed by atoms with Gasteiger partial charge in [0.05, 0.1) is 0 Å². The zero-order valence-electron chi connectivity index (χ0n) is 10.9. The van der Waals surface area contributed by atoms with Gasteiger partial charge in [-0.1, -0.05) is 49.7 Å². The molecule has 0 saturated carbocycles. The average Bonchev–Trinajstić information content (AvgIpc) is 2.17. The van der Waals surface area contributed by atoms with E-state index in [0.29, 0.717) is 10.8 Å². The van der Waals surface area contributed by atoms with Gasteiger partial charge in [-0.15, -0.1) is 0 Å². The first-order valence-corrected chi connectivity index (χ1v) is 6.84. The van der Waals surface area contributed by atoms with E-state index in [9.17, 15) is 0 Å². The summed E-state index contributed by atoms with van der Waals surface area (Å²) in [5, 5.41) is 0. The lowest BCUT2D eigenvalue weighted by Crippen LogP contribution is -2.33. The minimum absolute atomic E-state index is 0.321. The predicted octanol–water partition coefficient (Wildman–Crippen LogP) is 5.11. The topological polar surface area (TPSA) is 0 Å². The maximum absolute atomic E-state index is 3.66. The minimum atomic E-state index is 0.321. The van der Waals surface area contributed by atoms with Crippen LogP contribution in [0.25, 0.3) is 0 Å². The smallest absolute Gasteiger partial charge is 0.0207 e. The second-order valence-corrected chi connectivity index (χ2v) is 7.27. The van der Waals surface area contributed by atoms with Crippen LogP contribution in [0.5, 0.6) is 0 Å². The van der Waals surface area contributed by atoms with Crippen molar-refractivity contribution in [2.45, 2.75) is 58.3 Å². The summed E-state index contributed by atoms with van der Waals surface area (Å²) in [5.74, 6) is 0. The van der Waals surface area contributed by atoms with Crippen LogP contribution in [0.4, 0.5) is 0 Å². The van der Waals surface area contributed by atoms with Gasteiger partial charge < -0.3 is 0 Å². The van der Waals surface area contributed by atoms with Crippen molar-refractivity contribution in [2.75, 3.05) is 0 Å². The summed E-state index contributed by atoms with van der Waals surface area (Å²) in [6.45, 7) is 11.6. The Kier molecular flexibility index (Phi) is 2.73. The lowest BCUT2D eigenvalue weighted by molar-refractivity contribution is 0.331. The second kappa shape index (κ2) is 3.60. The van der Waals surface area contributed by atoms with Crippen LogP contribution in [0, 0.1) is 6.92 Å². The first kappa shape index (κ1) is 12.2. The molecule has 0 heterocycles. The molecular formula is C15H21Br. The van der Waals surface area contributed by atoms with Gasteiger partial charge in [0.1, 0.15) is 0 Å². The molecule has 0 atom stereocenters. The first-order valence-electron chi connectivity index (χ1n) is 6.05. The van der Waals surface area contributed by atoms with Gasteiger partial charge >= 0.3 is 0 Å². The predicted molar refractivity (Wildman–Crippen MR) is 74.2 cm³/mol. The molecule has 0 unspecified atom stereocenters. The van der Waals surface area contributed by atoms with Gasteiger partial charge in [0.15, 0.2) is 0 Å². The number of halogens is 1. The molecule has 0 saturated heterocycles. The molecule has 0 aromatic heterocycles. The molecule has 0 aliphatic heterocycles. The van der Waals surface area contributed by atoms with Crippen molar-refractivity contribution in [3.05, 3.63) is 33.3 Å². The molecule has 1 heteroatoms. The van der Waals surface area contributed by atoms with Gasteiger partial charge in [-0.2, -0.15) is 0 Å².